The van der Waals surface area contributed by atoms with Crippen LogP contribution in [0.5, 0.6) is 0 Å². The van der Waals surface area contributed by atoms with E-state index in [1.165, 1.54) is 0 Å². The molecule has 2 heteroatoms. The monoisotopic (exact) mass is 126 g/mol. The SMILES string of the molecule is Cc1cscc1C=O. The second kappa shape index (κ2) is 2.09. The van der Waals surface area contributed by atoms with Crippen LogP contribution in [0.25, 0.3) is 0 Å². The molecular formula is C6H6OS. The number of carbonyl (C=O) groups is 1. The summed E-state index contributed by atoms with van der Waals surface area (Å²) in [6.07, 6.45) is 0.881. The van der Waals surface area contributed by atoms with Crippen LogP contribution in [0.4, 0.5) is 0 Å². The van der Waals surface area contributed by atoms with E-state index in [0.717, 1.165) is 17.4 Å². The lowest BCUT2D eigenvalue weighted by atomic mass is 10.2. The molecule has 1 rings (SSSR count). The molecule has 1 aromatic heterocycles. The van der Waals surface area contributed by atoms with E-state index in [4.69, 9.17) is 0 Å². The standard InChI is InChI=1S/C6H6OS/c1-5-3-8-4-6(5)2-7/h2-4H,1H3. The zero-order valence-corrected chi connectivity index (χ0v) is 5.37. The number of thiophene rings is 1. The summed E-state index contributed by atoms with van der Waals surface area (Å²) in [7, 11) is 0. The van der Waals surface area contributed by atoms with Gasteiger partial charge in [0.05, 0.1) is 0 Å². The fraction of sp³-hybridized carbons (Fsp3) is 0.167. The molecule has 0 aliphatic carbocycles. The Balaban J connectivity index is 3.09. The molecule has 0 N–H and O–H groups in total. The number of aldehydes is 1. The molecule has 0 atom stereocenters. The third kappa shape index (κ3) is 0.793. The van der Waals surface area contributed by atoms with E-state index in [2.05, 4.69) is 0 Å². The van der Waals surface area contributed by atoms with Gasteiger partial charge in [-0.1, -0.05) is 0 Å². The van der Waals surface area contributed by atoms with Crippen LogP contribution in [0.3, 0.4) is 0 Å². The van der Waals surface area contributed by atoms with E-state index in [9.17, 15) is 4.79 Å². The van der Waals surface area contributed by atoms with Gasteiger partial charge in [0.15, 0.2) is 6.29 Å². The van der Waals surface area contributed by atoms with Crippen molar-refractivity contribution in [1.29, 1.82) is 0 Å². The van der Waals surface area contributed by atoms with Gasteiger partial charge in [0, 0.05) is 10.9 Å². The van der Waals surface area contributed by atoms with Crippen molar-refractivity contribution in [2.24, 2.45) is 0 Å². The summed E-state index contributed by atoms with van der Waals surface area (Å²) >= 11 is 1.56. The summed E-state index contributed by atoms with van der Waals surface area (Å²) in [5.74, 6) is 0. The zero-order chi connectivity index (χ0) is 5.98. The minimum atomic E-state index is 0.815. The van der Waals surface area contributed by atoms with Crippen LogP contribution in [-0.2, 0) is 0 Å². The predicted molar refractivity (Wildman–Crippen MR) is 34.4 cm³/mol. The Labute approximate surface area is 52.0 Å². The minimum Gasteiger partial charge on any atom is -0.298 e. The lowest BCUT2D eigenvalue weighted by molar-refractivity contribution is 0.112. The molecule has 0 aromatic carbocycles. The van der Waals surface area contributed by atoms with Gasteiger partial charge in [-0.2, -0.15) is 11.3 Å². The summed E-state index contributed by atoms with van der Waals surface area (Å²) in [4.78, 5) is 10.1. The molecule has 1 aromatic rings. The van der Waals surface area contributed by atoms with Gasteiger partial charge in [-0.05, 0) is 17.9 Å². The van der Waals surface area contributed by atoms with Crippen molar-refractivity contribution < 1.29 is 4.79 Å². The molecule has 0 unspecified atom stereocenters. The van der Waals surface area contributed by atoms with Crippen molar-refractivity contribution in [3.05, 3.63) is 21.9 Å². The highest BCUT2D eigenvalue weighted by atomic mass is 32.1. The smallest absolute Gasteiger partial charge is 0.151 e. The molecule has 0 saturated heterocycles. The molecule has 0 spiro atoms. The van der Waals surface area contributed by atoms with Crippen molar-refractivity contribution >= 4 is 17.6 Å². The van der Waals surface area contributed by atoms with Crippen LogP contribution in [0.2, 0.25) is 0 Å². The van der Waals surface area contributed by atoms with Crippen molar-refractivity contribution in [2.75, 3.05) is 0 Å². The number of hydrogen-bond donors (Lipinski definition) is 0. The maximum atomic E-state index is 10.1. The average Bonchev–Trinajstić information content (AvgIpc) is 2.14. The van der Waals surface area contributed by atoms with E-state index >= 15 is 0 Å². The van der Waals surface area contributed by atoms with Crippen LogP contribution in [-0.4, -0.2) is 6.29 Å². The molecule has 0 aliphatic rings. The van der Waals surface area contributed by atoms with Gasteiger partial charge in [-0.15, -0.1) is 0 Å². The van der Waals surface area contributed by atoms with Crippen LogP contribution in [0, 0.1) is 6.92 Å². The van der Waals surface area contributed by atoms with E-state index in [0.29, 0.717) is 0 Å². The lowest BCUT2D eigenvalue weighted by Gasteiger charge is -1.79. The van der Waals surface area contributed by atoms with Crippen molar-refractivity contribution in [3.8, 4) is 0 Å². The molecule has 1 heterocycles. The molecule has 0 bridgehead atoms. The Bertz CT molecular complexity index is 190. The first-order valence-electron chi connectivity index (χ1n) is 2.32. The van der Waals surface area contributed by atoms with Crippen molar-refractivity contribution in [2.45, 2.75) is 6.92 Å². The zero-order valence-electron chi connectivity index (χ0n) is 4.55. The first kappa shape index (κ1) is 5.51. The van der Waals surface area contributed by atoms with E-state index in [-0.39, 0.29) is 0 Å². The minimum absolute atomic E-state index is 0.815. The first-order valence-corrected chi connectivity index (χ1v) is 3.27. The van der Waals surface area contributed by atoms with Gasteiger partial charge in [-0.25, -0.2) is 0 Å². The Morgan fingerprint density at radius 3 is 2.62 bits per heavy atom. The normalized spacial score (nSPS) is 9.12. The summed E-state index contributed by atoms with van der Waals surface area (Å²) in [5.41, 5.74) is 1.89. The quantitative estimate of drug-likeness (QED) is 0.525. The summed E-state index contributed by atoms with van der Waals surface area (Å²) in [6.45, 7) is 1.93. The number of rotatable bonds is 1. The maximum Gasteiger partial charge on any atom is 0.151 e. The highest BCUT2D eigenvalue weighted by molar-refractivity contribution is 7.08. The van der Waals surface area contributed by atoms with E-state index in [1.807, 2.05) is 17.7 Å². The highest BCUT2D eigenvalue weighted by Crippen LogP contribution is 2.09. The molecule has 42 valence electrons. The summed E-state index contributed by atoms with van der Waals surface area (Å²) in [5, 5.41) is 3.81. The molecule has 0 fully saturated rings. The van der Waals surface area contributed by atoms with Gasteiger partial charge < -0.3 is 0 Å². The van der Waals surface area contributed by atoms with Crippen molar-refractivity contribution in [1.82, 2.24) is 0 Å². The fourth-order valence-corrected chi connectivity index (χ4v) is 1.29. The molecular weight excluding hydrogens is 120 g/mol. The van der Waals surface area contributed by atoms with Crippen LogP contribution in [0.15, 0.2) is 10.8 Å². The van der Waals surface area contributed by atoms with Crippen LogP contribution >= 0.6 is 11.3 Å². The Morgan fingerprint density at radius 2 is 2.38 bits per heavy atom. The molecule has 0 amide bonds. The molecule has 8 heavy (non-hydrogen) atoms. The van der Waals surface area contributed by atoms with E-state index < -0.39 is 0 Å². The largest absolute Gasteiger partial charge is 0.298 e. The van der Waals surface area contributed by atoms with Crippen LogP contribution in [0.1, 0.15) is 15.9 Å². The van der Waals surface area contributed by atoms with Gasteiger partial charge in [0.25, 0.3) is 0 Å². The molecule has 0 aliphatic heterocycles. The van der Waals surface area contributed by atoms with E-state index in [1.54, 1.807) is 11.3 Å². The molecule has 0 saturated carbocycles. The maximum absolute atomic E-state index is 10.1. The highest BCUT2D eigenvalue weighted by Gasteiger charge is 1.92. The van der Waals surface area contributed by atoms with Crippen LogP contribution < -0.4 is 0 Å². The summed E-state index contributed by atoms with van der Waals surface area (Å²) < 4.78 is 0. The second-order valence-electron chi connectivity index (χ2n) is 1.63. The third-order valence-corrected chi connectivity index (χ3v) is 1.90. The van der Waals surface area contributed by atoms with Gasteiger partial charge in [0.1, 0.15) is 0 Å². The van der Waals surface area contributed by atoms with Crippen molar-refractivity contribution in [3.63, 3.8) is 0 Å². The molecule has 1 nitrogen and oxygen atoms in total. The first-order chi connectivity index (χ1) is 3.84. The molecule has 0 radical (unpaired) electrons. The average molecular weight is 126 g/mol. The second-order valence-corrected chi connectivity index (χ2v) is 2.37. The number of carbonyl (C=O) groups excluding carboxylic acids is 1. The Kier molecular flexibility index (Phi) is 1.44. The number of hydrogen-bond acceptors (Lipinski definition) is 2. The van der Waals surface area contributed by atoms with Gasteiger partial charge in [0.2, 0.25) is 0 Å². The Hall–Kier alpha value is -0.630. The third-order valence-electron chi connectivity index (χ3n) is 1.02. The Morgan fingerprint density at radius 1 is 1.62 bits per heavy atom. The predicted octanol–water partition coefficient (Wildman–Crippen LogP) is 1.87. The van der Waals surface area contributed by atoms with Gasteiger partial charge >= 0.3 is 0 Å². The lowest BCUT2D eigenvalue weighted by Crippen LogP contribution is -1.74. The topological polar surface area (TPSA) is 17.1 Å². The number of aryl methyl sites for hydroxylation is 1. The summed E-state index contributed by atoms with van der Waals surface area (Å²) in [6, 6.07) is 0. The fourth-order valence-electron chi connectivity index (χ4n) is 0.491. The van der Waals surface area contributed by atoms with Gasteiger partial charge in [-0.3, -0.25) is 4.79 Å².